The average molecular weight is 474 g/mol. The fourth-order valence-corrected chi connectivity index (χ4v) is 6.26. The number of hydrogen-bond donors (Lipinski definition) is 1. The van der Waals surface area contributed by atoms with Gasteiger partial charge in [-0.1, -0.05) is 64.2 Å². The van der Waals surface area contributed by atoms with Crippen molar-refractivity contribution in [2.45, 2.75) is 109 Å². The van der Waals surface area contributed by atoms with E-state index in [4.69, 9.17) is 14.0 Å². The van der Waals surface area contributed by atoms with Gasteiger partial charge >= 0.3 is 12.1 Å². The minimum absolute atomic E-state index is 0.0676. The van der Waals surface area contributed by atoms with Gasteiger partial charge in [0.1, 0.15) is 11.4 Å². The normalized spacial score (nSPS) is 21.4. The van der Waals surface area contributed by atoms with E-state index in [1.807, 2.05) is 0 Å². The Labute approximate surface area is 194 Å². The number of alkyl carbamates (subject to hydrolysis) is 1. The molecule has 0 aromatic carbocycles. The molecule has 0 aliphatic heterocycles. The SMILES string of the molecule is COC(=O)C(CO[PH](=O)C(CC1CCCCC1)NC(=O)OC(C)(C)C)CC1CCCCC1. The molecule has 0 bridgehead atoms. The van der Waals surface area contributed by atoms with Crippen LogP contribution in [0, 0.1) is 17.8 Å². The summed E-state index contributed by atoms with van der Waals surface area (Å²) < 4.78 is 29.3. The minimum atomic E-state index is -2.62. The minimum Gasteiger partial charge on any atom is -0.469 e. The summed E-state index contributed by atoms with van der Waals surface area (Å²) in [5, 5.41) is 2.80. The molecule has 1 N–H and O–H groups in total. The molecule has 0 spiro atoms. The van der Waals surface area contributed by atoms with Gasteiger partial charge in [-0.25, -0.2) is 4.79 Å². The van der Waals surface area contributed by atoms with E-state index < -0.39 is 31.4 Å². The van der Waals surface area contributed by atoms with Crippen molar-refractivity contribution in [3.63, 3.8) is 0 Å². The van der Waals surface area contributed by atoms with E-state index in [1.54, 1.807) is 20.8 Å². The first kappa shape index (κ1) is 27.2. The fourth-order valence-electron chi connectivity index (χ4n) is 4.93. The van der Waals surface area contributed by atoms with Crippen LogP contribution in [-0.4, -0.2) is 37.2 Å². The van der Waals surface area contributed by atoms with E-state index >= 15 is 0 Å². The van der Waals surface area contributed by atoms with E-state index in [9.17, 15) is 14.2 Å². The van der Waals surface area contributed by atoms with Crippen molar-refractivity contribution in [3.05, 3.63) is 0 Å². The molecule has 32 heavy (non-hydrogen) atoms. The van der Waals surface area contributed by atoms with E-state index in [0.717, 1.165) is 38.5 Å². The van der Waals surface area contributed by atoms with Crippen molar-refractivity contribution in [2.24, 2.45) is 17.8 Å². The largest absolute Gasteiger partial charge is 0.469 e. The number of rotatable bonds is 10. The zero-order chi connectivity index (χ0) is 23.6. The molecule has 0 aromatic heterocycles. The second-order valence-electron chi connectivity index (χ2n) is 10.5. The van der Waals surface area contributed by atoms with Gasteiger partial charge in [0.05, 0.1) is 19.6 Å². The van der Waals surface area contributed by atoms with Crippen molar-refractivity contribution in [1.29, 1.82) is 0 Å². The summed E-state index contributed by atoms with van der Waals surface area (Å²) in [5.74, 6) is -0.425. The van der Waals surface area contributed by atoms with Crippen LogP contribution in [0.15, 0.2) is 0 Å². The molecule has 0 aromatic rings. The van der Waals surface area contributed by atoms with Gasteiger partial charge in [-0.05, 0) is 45.4 Å². The maximum atomic E-state index is 13.2. The summed E-state index contributed by atoms with van der Waals surface area (Å²) in [6.45, 7) is 5.47. The second kappa shape index (κ2) is 13.6. The van der Waals surface area contributed by atoms with E-state index in [1.165, 1.54) is 32.8 Å². The first-order valence-corrected chi connectivity index (χ1v) is 13.8. The van der Waals surface area contributed by atoms with Crippen molar-refractivity contribution in [3.8, 4) is 0 Å². The van der Waals surface area contributed by atoms with Crippen molar-refractivity contribution in [1.82, 2.24) is 5.32 Å². The Hall–Kier alpha value is -1.07. The predicted molar refractivity (Wildman–Crippen MR) is 126 cm³/mol. The Kier molecular flexibility index (Phi) is 11.5. The molecular formula is C24H44NO6P. The third-order valence-corrected chi connectivity index (χ3v) is 7.97. The van der Waals surface area contributed by atoms with Gasteiger partial charge < -0.3 is 19.3 Å². The Balaban J connectivity index is 1.98. The Morgan fingerprint density at radius 2 is 1.47 bits per heavy atom. The molecule has 0 radical (unpaired) electrons. The van der Waals surface area contributed by atoms with Crippen molar-refractivity contribution >= 4 is 20.1 Å². The molecular weight excluding hydrogens is 429 g/mol. The summed E-state index contributed by atoms with van der Waals surface area (Å²) in [5.41, 5.74) is -0.633. The van der Waals surface area contributed by atoms with Gasteiger partial charge in [0.15, 0.2) is 0 Å². The molecule has 7 nitrogen and oxygen atoms in total. The maximum Gasteiger partial charge on any atom is 0.408 e. The molecule has 0 heterocycles. The molecule has 2 aliphatic carbocycles. The molecule has 2 saturated carbocycles. The second-order valence-corrected chi connectivity index (χ2v) is 12.2. The van der Waals surface area contributed by atoms with Crippen LogP contribution in [0.4, 0.5) is 4.79 Å². The first-order valence-electron chi connectivity index (χ1n) is 12.4. The van der Waals surface area contributed by atoms with Crippen LogP contribution in [0.3, 0.4) is 0 Å². The third-order valence-electron chi connectivity index (χ3n) is 6.57. The van der Waals surface area contributed by atoms with Crippen LogP contribution in [0.1, 0.15) is 97.8 Å². The zero-order valence-electron chi connectivity index (χ0n) is 20.5. The number of esters is 1. The van der Waals surface area contributed by atoms with E-state index in [-0.39, 0.29) is 12.6 Å². The maximum absolute atomic E-state index is 13.2. The Morgan fingerprint density at radius 1 is 0.938 bits per heavy atom. The molecule has 1 amide bonds. The number of nitrogens with one attached hydrogen (secondary N) is 1. The number of methoxy groups -OCH3 is 1. The highest BCUT2D eigenvalue weighted by Gasteiger charge is 2.30. The van der Waals surface area contributed by atoms with Crippen LogP contribution in [-0.2, 0) is 23.4 Å². The Morgan fingerprint density at radius 3 is 1.97 bits per heavy atom. The number of hydrogen-bond acceptors (Lipinski definition) is 6. The number of carbonyl (C=O) groups is 2. The van der Waals surface area contributed by atoms with Crippen LogP contribution in [0.5, 0.6) is 0 Å². The zero-order valence-corrected chi connectivity index (χ0v) is 21.5. The third kappa shape index (κ3) is 10.2. The molecule has 2 aliphatic rings. The first-order chi connectivity index (χ1) is 15.2. The molecule has 3 atom stereocenters. The quantitative estimate of drug-likeness (QED) is 0.306. The molecule has 2 fully saturated rings. The van der Waals surface area contributed by atoms with Gasteiger partial charge in [0.2, 0.25) is 8.03 Å². The van der Waals surface area contributed by atoms with Gasteiger partial charge in [-0.2, -0.15) is 0 Å². The highest BCUT2D eigenvalue weighted by atomic mass is 31.1. The topological polar surface area (TPSA) is 90.9 Å². The lowest BCUT2D eigenvalue weighted by atomic mass is 9.83. The molecule has 0 saturated heterocycles. The predicted octanol–water partition coefficient (Wildman–Crippen LogP) is 6.06. The van der Waals surface area contributed by atoms with E-state index in [0.29, 0.717) is 24.7 Å². The van der Waals surface area contributed by atoms with Crippen LogP contribution in [0.25, 0.3) is 0 Å². The number of carbonyl (C=O) groups excluding carboxylic acids is 2. The van der Waals surface area contributed by atoms with Crippen LogP contribution in [0.2, 0.25) is 0 Å². The van der Waals surface area contributed by atoms with Crippen LogP contribution >= 0.6 is 8.03 Å². The smallest absolute Gasteiger partial charge is 0.408 e. The van der Waals surface area contributed by atoms with Gasteiger partial charge in [0.25, 0.3) is 0 Å². The van der Waals surface area contributed by atoms with Gasteiger partial charge in [-0.3, -0.25) is 9.36 Å². The van der Waals surface area contributed by atoms with E-state index in [2.05, 4.69) is 5.32 Å². The van der Waals surface area contributed by atoms with Crippen LogP contribution < -0.4 is 5.32 Å². The summed E-state index contributed by atoms with van der Waals surface area (Å²) in [6, 6.07) is 0. The number of ether oxygens (including phenoxy) is 2. The summed E-state index contributed by atoms with van der Waals surface area (Å²) >= 11 is 0. The number of amides is 1. The lowest BCUT2D eigenvalue weighted by Crippen LogP contribution is -2.39. The monoisotopic (exact) mass is 473 g/mol. The Bertz CT molecular complexity index is 608. The molecule has 2 rings (SSSR count). The average Bonchev–Trinajstić information content (AvgIpc) is 2.75. The summed E-state index contributed by atoms with van der Waals surface area (Å²) in [7, 11) is -1.24. The summed E-state index contributed by atoms with van der Waals surface area (Å²) in [6.07, 6.45) is 12.3. The highest BCUT2D eigenvalue weighted by Crippen LogP contribution is 2.38. The van der Waals surface area contributed by atoms with Gasteiger partial charge in [-0.15, -0.1) is 0 Å². The van der Waals surface area contributed by atoms with Crippen molar-refractivity contribution in [2.75, 3.05) is 13.7 Å². The molecule has 8 heteroatoms. The highest BCUT2D eigenvalue weighted by molar-refractivity contribution is 7.40. The summed E-state index contributed by atoms with van der Waals surface area (Å²) in [4.78, 5) is 24.7. The van der Waals surface area contributed by atoms with Crippen molar-refractivity contribution < 1.29 is 28.2 Å². The fraction of sp³-hybridized carbons (Fsp3) is 0.917. The molecule has 3 unspecified atom stereocenters. The lowest BCUT2D eigenvalue weighted by molar-refractivity contribution is -0.147. The van der Waals surface area contributed by atoms with Gasteiger partial charge in [0, 0.05) is 0 Å². The molecule has 186 valence electrons. The standard InChI is InChI=1S/C24H44NO6P/c1-24(2,3)31-23(27)25-21(16-19-13-9-6-10-14-19)32(28)30-17-20(22(26)29-4)15-18-11-7-5-8-12-18/h18-21,32H,5-17H2,1-4H3,(H,25,27). The lowest BCUT2D eigenvalue weighted by Gasteiger charge is -2.29.